The summed E-state index contributed by atoms with van der Waals surface area (Å²) in [5.41, 5.74) is 1.35. The van der Waals surface area contributed by atoms with Gasteiger partial charge in [-0.25, -0.2) is 9.18 Å². The number of carbonyl (C=O) groups is 3. The maximum Gasteiger partial charge on any atom is 0.317 e. The highest BCUT2D eigenvalue weighted by Gasteiger charge is 2.27. The molecule has 2 heterocycles. The Labute approximate surface area is 224 Å². The zero-order chi connectivity index (χ0) is 27.3. The minimum absolute atomic E-state index is 0.0540. The lowest BCUT2D eigenvalue weighted by Gasteiger charge is -2.31. The van der Waals surface area contributed by atoms with E-state index in [4.69, 9.17) is 0 Å². The molecule has 2 fully saturated rings. The molecular formula is C29H38FN5O3. The molecule has 0 bridgehead atoms. The number of urea groups is 1. The summed E-state index contributed by atoms with van der Waals surface area (Å²) >= 11 is 0. The molecule has 0 radical (unpaired) electrons. The van der Waals surface area contributed by atoms with Gasteiger partial charge in [-0.2, -0.15) is 0 Å². The summed E-state index contributed by atoms with van der Waals surface area (Å²) in [5.74, 6) is -1.24. The predicted molar refractivity (Wildman–Crippen MR) is 147 cm³/mol. The van der Waals surface area contributed by atoms with E-state index < -0.39 is 11.7 Å². The number of nitrogens with one attached hydrogen (secondary N) is 2. The lowest BCUT2D eigenvalue weighted by atomic mass is 10.1. The van der Waals surface area contributed by atoms with Crippen LogP contribution in [0.25, 0.3) is 0 Å². The first-order valence-corrected chi connectivity index (χ1v) is 13.4. The molecule has 2 aromatic carbocycles. The number of rotatable bonds is 4. The van der Waals surface area contributed by atoms with Crippen LogP contribution in [0.2, 0.25) is 0 Å². The predicted octanol–water partition coefficient (Wildman–Crippen LogP) is 4.72. The zero-order valence-electron chi connectivity index (χ0n) is 22.6. The molecule has 0 unspecified atom stereocenters. The van der Waals surface area contributed by atoms with Crippen molar-refractivity contribution >= 4 is 29.2 Å². The molecule has 0 spiro atoms. The van der Waals surface area contributed by atoms with Gasteiger partial charge in [-0.15, -0.1) is 0 Å². The normalized spacial score (nSPS) is 16.6. The van der Waals surface area contributed by atoms with Crippen molar-refractivity contribution in [3.63, 3.8) is 0 Å². The van der Waals surface area contributed by atoms with Gasteiger partial charge in [0.1, 0.15) is 5.82 Å². The number of hydrogen-bond acceptors (Lipinski definition) is 4. The highest BCUT2D eigenvalue weighted by atomic mass is 19.1. The third kappa shape index (κ3) is 6.82. The zero-order valence-corrected chi connectivity index (χ0v) is 22.6. The average molecular weight is 524 g/mol. The van der Waals surface area contributed by atoms with Crippen molar-refractivity contribution in [2.24, 2.45) is 0 Å². The molecule has 8 nitrogen and oxygen atoms in total. The van der Waals surface area contributed by atoms with Crippen molar-refractivity contribution in [3.8, 4) is 0 Å². The van der Waals surface area contributed by atoms with Crippen LogP contribution < -0.4 is 15.5 Å². The lowest BCUT2D eigenvalue weighted by molar-refractivity contribution is 0.0724. The highest BCUT2D eigenvalue weighted by molar-refractivity contribution is 6.06. The molecule has 2 N–H and O–H groups in total. The molecule has 38 heavy (non-hydrogen) atoms. The number of anilines is 2. The Balaban J connectivity index is 1.58. The van der Waals surface area contributed by atoms with Gasteiger partial charge < -0.3 is 25.3 Å². The van der Waals surface area contributed by atoms with Crippen LogP contribution in [0.4, 0.5) is 20.6 Å². The molecule has 0 aliphatic carbocycles. The van der Waals surface area contributed by atoms with E-state index in [0.29, 0.717) is 50.5 Å². The van der Waals surface area contributed by atoms with Gasteiger partial charge in [-0.1, -0.05) is 12.1 Å². The van der Waals surface area contributed by atoms with Crippen molar-refractivity contribution in [2.45, 2.75) is 52.0 Å². The number of halogens is 1. The first kappa shape index (κ1) is 27.4. The number of piperidine rings is 1. The minimum Gasteiger partial charge on any atom is -0.369 e. The standard InChI is InChI=1S/C29H38FN5O3/c1-29(2,3)32-28(38)35-17-9-16-33(18-19-35)25-13-12-21(31-26(36)22-10-5-6-11-24(22)30)20-23(25)27(37)34-14-7-4-8-15-34/h5-6,10-13,20H,4,7-9,14-19H2,1-3H3,(H,31,36)(H,32,38). The van der Waals surface area contributed by atoms with Gasteiger partial charge in [0.05, 0.1) is 11.1 Å². The SMILES string of the molecule is CC(C)(C)NC(=O)N1CCCN(c2ccc(NC(=O)c3ccccc3F)cc2C(=O)N2CCCCC2)CC1. The van der Waals surface area contributed by atoms with E-state index in [1.54, 1.807) is 18.2 Å². The summed E-state index contributed by atoms with van der Waals surface area (Å²) in [6.07, 6.45) is 3.80. The van der Waals surface area contributed by atoms with Crippen LogP contribution in [0.1, 0.15) is 67.2 Å². The average Bonchev–Trinajstić information content (AvgIpc) is 3.14. The van der Waals surface area contributed by atoms with Gasteiger partial charge in [0.2, 0.25) is 0 Å². The van der Waals surface area contributed by atoms with Gasteiger partial charge in [0, 0.05) is 56.2 Å². The molecule has 204 valence electrons. The first-order valence-electron chi connectivity index (χ1n) is 13.4. The summed E-state index contributed by atoms with van der Waals surface area (Å²) in [6.45, 7) is 9.71. The molecule has 9 heteroatoms. The molecule has 0 atom stereocenters. The maximum atomic E-state index is 14.2. The van der Waals surface area contributed by atoms with E-state index in [1.165, 1.54) is 18.2 Å². The molecular weight excluding hydrogens is 485 g/mol. The Morgan fingerprint density at radius 1 is 0.789 bits per heavy atom. The monoisotopic (exact) mass is 523 g/mol. The van der Waals surface area contributed by atoms with Gasteiger partial charge >= 0.3 is 6.03 Å². The number of amides is 4. The highest BCUT2D eigenvalue weighted by Crippen LogP contribution is 2.28. The van der Waals surface area contributed by atoms with E-state index in [2.05, 4.69) is 15.5 Å². The van der Waals surface area contributed by atoms with Crippen LogP contribution in [0.3, 0.4) is 0 Å². The van der Waals surface area contributed by atoms with Crippen molar-refractivity contribution in [1.82, 2.24) is 15.1 Å². The number of nitrogens with zero attached hydrogens (tertiary/aromatic N) is 3. The quantitative estimate of drug-likeness (QED) is 0.607. The van der Waals surface area contributed by atoms with E-state index in [0.717, 1.165) is 31.4 Å². The summed E-state index contributed by atoms with van der Waals surface area (Å²) in [4.78, 5) is 45.0. The van der Waals surface area contributed by atoms with Crippen molar-refractivity contribution in [2.75, 3.05) is 49.5 Å². The number of benzene rings is 2. The molecule has 4 amide bonds. The topological polar surface area (TPSA) is 85.0 Å². The molecule has 2 aliphatic rings. The van der Waals surface area contributed by atoms with Crippen molar-refractivity contribution < 1.29 is 18.8 Å². The van der Waals surface area contributed by atoms with Crippen LogP contribution in [0.15, 0.2) is 42.5 Å². The second kappa shape index (κ2) is 11.8. The lowest BCUT2D eigenvalue weighted by Crippen LogP contribution is -2.49. The molecule has 4 rings (SSSR count). The van der Waals surface area contributed by atoms with E-state index in [-0.39, 0.29) is 23.0 Å². The number of likely N-dealkylation sites (tertiary alicyclic amines) is 1. The second-order valence-corrected chi connectivity index (χ2v) is 11.0. The molecule has 0 aromatic heterocycles. The smallest absolute Gasteiger partial charge is 0.317 e. The fraction of sp³-hybridized carbons (Fsp3) is 0.483. The first-order chi connectivity index (χ1) is 18.1. The van der Waals surface area contributed by atoms with Crippen LogP contribution in [0, 0.1) is 5.82 Å². The number of hydrogen-bond donors (Lipinski definition) is 2. The summed E-state index contributed by atoms with van der Waals surface area (Å²) in [6, 6.07) is 11.0. The Kier molecular flexibility index (Phi) is 8.54. The van der Waals surface area contributed by atoms with Gasteiger partial charge in [-0.3, -0.25) is 9.59 Å². The van der Waals surface area contributed by atoms with E-state index in [1.807, 2.05) is 36.6 Å². The van der Waals surface area contributed by atoms with Gasteiger partial charge in [0.15, 0.2) is 0 Å². The molecule has 2 aliphatic heterocycles. The van der Waals surface area contributed by atoms with Crippen LogP contribution >= 0.6 is 0 Å². The van der Waals surface area contributed by atoms with Crippen molar-refractivity contribution in [1.29, 1.82) is 0 Å². The Bertz CT molecular complexity index is 1170. The molecule has 0 saturated carbocycles. The Morgan fingerprint density at radius 2 is 1.50 bits per heavy atom. The third-order valence-electron chi connectivity index (χ3n) is 6.85. The molecule has 2 saturated heterocycles. The van der Waals surface area contributed by atoms with E-state index in [9.17, 15) is 18.8 Å². The Hall–Kier alpha value is -3.62. The fourth-order valence-corrected chi connectivity index (χ4v) is 4.93. The van der Waals surface area contributed by atoms with E-state index >= 15 is 0 Å². The van der Waals surface area contributed by atoms with Crippen LogP contribution in [-0.4, -0.2) is 72.5 Å². The largest absolute Gasteiger partial charge is 0.369 e. The summed E-state index contributed by atoms with van der Waals surface area (Å²) in [7, 11) is 0. The summed E-state index contributed by atoms with van der Waals surface area (Å²) in [5, 5.41) is 5.78. The summed E-state index contributed by atoms with van der Waals surface area (Å²) < 4.78 is 14.2. The van der Waals surface area contributed by atoms with Gasteiger partial charge in [0.25, 0.3) is 11.8 Å². The van der Waals surface area contributed by atoms with Crippen LogP contribution in [0.5, 0.6) is 0 Å². The molecule has 2 aromatic rings. The van der Waals surface area contributed by atoms with Crippen molar-refractivity contribution in [3.05, 3.63) is 59.4 Å². The number of carbonyl (C=O) groups excluding carboxylic acids is 3. The maximum absolute atomic E-state index is 14.2. The minimum atomic E-state index is -0.601. The Morgan fingerprint density at radius 3 is 2.21 bits per heavy atom. The van der Waals surface area contributed by atoms with Gasteiger partial charge in [-0.05, 0) is 76.8 Å². The fourth-order valence-electron chi connectivity index (χ4n) is 4.93. The third-order valence-corrected chi connectivity index (χ3v) is 6.85. The second-order valence-electron chi connectivity index (χ2n) is 11.0. The van der Waals surface area contributed by atoms with Crippen LogP contribution in [-0.2, 0) is 0 Å².